The van der Waals surface area contributed by atoms with E-state index in [0.717, 1.165) is 24.3 Å². The average molecular weight is 276 g/mol. The van der Waals surface area contributed by atoms with Crippen LogP contribution in [0.2, 0.25) is 0 Å². The van der Waals surface area contributed by atoms with Gasteiger partial charge in [-0.3, -0.25) is 0 Å². The number of hydrogen-bond donors (Lipinski definition) is 1. The molecule has 0 unspecified atom stereocenters. The molecular weight excluding hydrogens is 258 g/mol. The summed E-state index contributed by atoms with van der Waals surface area (Å²) in [6.07, 6.45) is 2.37. The number of hydrogen-bond acceptors (Lipinski definition) is 2. The summed E-state index contributed by atoms with van der Waals surface area (Å²) in [5, 5.41) is 3.44. The van der Waals surface area contributed by atoms with E-state index in [1.165, 1.54) is 23.2 Å². The first-order chi connectivity index (χ1) is 8.88. The largest absolute Gasteiger partial charge is 0.496 e. The fourth-order valence-electron chi connectivity index (χ4n) is 2.53. The Balaban J connectivity index is 0.00000133. The third-order valence-electron chi connectivity index (χ3n) is 3.46. The molecule has 2 aromatic rings. The molecule has 2 aromatic carbocycles. The van der Waals surface area contributed by atoms with Gasteiger partial charge in [-0.2, -0.15) is 0 Å². The Bertz CT molecular complexity index is 568. The highest BCUT2D eigenvalue weighted by atomic mass is 35.5. The molecule has 1 N–H and O–H groups in total. The minimum atomic E-state index is 0. The zero-order chi connectivity index (χ0) is 12.4. The molecule has 0 radical (unpaired) electrons. The van der Waals surface area contributed by atoms with Crippen molar-refractivity contribution in [1.29, 1.82) is 0 Å². The molecule has 0 saturated carbocycles. The first-order valence-corrected chi connectivity index (χ1v) is 6.38. The Morgan fingerprint density at radius 2 is 1.95 bits per heavy atom. The van der Waals surface area contributed by atoms with Crippen LogP contribution >= 0.6 is 12.4 Å². The minimum Gasteiger partial charge on any atom is -0.496 e. The van der Waals surface area contributed by atoms with Crippen LogP contribution in [0.15, 0.2) is 42.5 Å². The van der Waals surface area contributed by atoms with E-state index in [1.807, 2.05) is 12.1 Å². The monoisotopic (exact) mass is 275 g/mol. The van der Waals surface area contributed by atoms with Crippen LogP contribution in [-0.2, 0) is 6.42 Å². The van der Waals surface area contributed by atoms with E-state index in [0.29, 0.717) is 0 Å². The van der Waals surface area contributed by atoms with E-state index in [9.17, 15) is 0 Å². The molecule has 0 fully saturated rings. The van der Waals surface area contributed by atoms with Gasteiger partial charge in [-0.15, -0.1) is 12.4 Å². The van der Waals surface area contributed by atoms with Gasteiger partial charge in [0.2, 0.25) is 0 Å². The molecule has 1 aliphatic rings. The predicted octanol–water partition coefficient (Wildman–Crippen LogP) is 4.14. The highest BCUT2D eigenvalue weighted by Crippen LogP contribution is 2.33. The lowest BCUT2D eigenvalue weighted by atomic mass is 9.97. The predicted molar refractivity (Wildman–Crippen MR) is 82.5 cm³/mol. The molecule has 0 spiro atoms. The number of benzene rings is 2. The quantitative estimate of drug-likeness (QED) is 0.889. The highest BCUT2D eigenvalue weighted by molar-refractivity contribution is 5.85. The van der Waals surface area contributed by atoms with Crippen molar-refractivity contribution < 1.29 is 4.74 Å². The normalized spacial score (nSPS) is 12.9. The molecule has 1 aliphatic heterocycles. The molecule has 0 amide bonds. The van der Waals surface area contributed by atoms with Crippen LogP contribution in [0.1, 0.15) is 12.0 Å². The van der Waals surface area contributed by atoms with Gasteiger partial charge >= 0.3 is 0 Å². The van der Waals surface area contributed by atoms with Gasteiger partial charge in [-0.25, -0.2) is 0 Å². The summed E-state index contributed by atoms with van der Waals surface area (Å²) in [5.41, 5.74) is 5.08. The molecule has 0 aromatic heterocycles. The second-order valence-corrected chi connectivity index (χ2v) is 4.60. The van der Waals surface area contributed by atoms with Crippen LogP contribution in [0, 0.1) is 0 Å². The van der Waals surface area contributed by atoms with Crippen molar-refractivity contribution in [2.45, 2.75) is 12.8 Å². The Morgan fingerprint density at radius 1 is 1.11 bits per heavy atom. The van der Waals surface area contributed by atoms with Crippen LogP contribution in [0.3, 0.4) is 0 Å². The molecule has 0 bridgehead atoms. The number of nitrogens with one attached hydrogen (secondary N) is 1. The van der Waals surface area contributed by atoms with Gasteiger partial charge in [0, 0.05) is 17.8 Å². The number of methoxy groups -OCH3 is 1. The number of aryl methyl sites for hydroxylation is 1. The number of ether oxygens (including phenoxy) is 1. The third-order valence-corrected chi connectivity index (χ3v) is 3.46. The fraction of sp³-hybridized carbons (Fsp3) is 0.250. The van der Waals surface area contributed by atoms with Gasteiger partial charge in [0.25, 0.3) is 0 Å². The fourth-order valence-corrected chi connectivity index (χ4v) is 2.53. The molecular formula is C16H18ClNO. The van der Waals surface area contributed by atoms with Gasteiger partial charge in [-0.1, -0.05) is 24.3 Å². The first kappa shape index (κ1) is 13.8. The van der Waals surface area contributed by atoms with Crippen LogP contribution in [0.4, 0.5) is 5.69 Å². The molecule has 0 aliphatic carbocycles. The molecule has 3 heteroatoms. The van der Waals surface area contributed by atoms with Crippen LogP contribution in [0.25, 0.3) is 11.1 Å². The van der Waals surface area contributed by atoms with E-state index in [4.69, 9.17) is 4.74 Å². The van der Waals surface area contributed by atoms with Crippen molar-refractivity contribution in [2.75, 3.05) is 19.0 Å². The molecule has 100 valence electrons. The number of rotatable bonds is 2. The van der Waals surface area contributed by atoms with Crippen molar-refractivity contribution in [1.82, 2.24) is 0 Å². The van der Waals surface area contributed by atoms with Gasteiger partial charge in [-0.05, 0) is 42.2 Å². The van der Waals surface area contributed by atoms with Gasteiger partial charge in [0.05, 0.1) is 7.11 Å². The average Bonchev–Trinajstić information content (AvgIpc) is 2.46. The minimum absolute atomic E-state index is 0. The standard InChI is InChI=1S/C16H17NO.ClH/c1-18-16-7-3-2-6-14(16)12-8-9-15-13(11-12)5-4-10-17-15;/h2-3,6-9,11,17H,4-5,10H2,1H3;1H. The Hall–Kier alpha value is -1.67. The summed E-state index contributed by atoms with van der Waals surface area (Å²) in [7, 11) is 1.72. The molecule has 19 heavy (non-hydrogen) atoms. The summed E-state index contributed by atoms with van der Waals surface area (Å²) in [4.78, 5) is 0. The van der Waals surface area contributed by atoms with E-state index >= 15 is 0 Å². The van der Waals surface area contributed by atoms with Crippen LogP contribution in [0.5, 0.6) is 5.75 Å². The maximum absolute atomic E-state index is 5.43. The van der Waals surface area contributed by atoms with Crippen molar-refractivity contribution in [2.24, 2.45) is 0 Å². The second kappa shape index (κ2) is 5.98. The number of halogens is 1. The van der Waals surface area contributed by atoms with E-state index in [1.54, 1.807) is 7.11 Å². The molecule has 1 heterocycles. The zero-order valence-electron chi connectivity index (χ0n) is 11.0. The Kier molecular flexibility index (Phi) is 4.33. The van der Waals surface area contributed by atoms with Crippen molar-refractivity contribution in [3.63, 3.8) is 0 Å². The van der Waals surface area contributed by atoms with E-state index in [2.05, 4.69) is 35.6 Å². The lowest BCUT2D eigenvalue weighted by Crippen LogP contribution is -2.11. The summed E-state index contributed by atoms with van der Waals surface area (Å²) >= 11 is 0. The topological polar surface area (TPSA) is 21.3 Å². The lowest BCUT2D eigenvalue weighted by Gasteiger charge is -2.19. The molecule has 3 rings (SSSR count). The van der Waals surface area contributed by atoms with Crippen molar-refractivity contribution >= 4 is 18.1 Å². The smallest absolute Gasteiger partial charge is 0.126 e. The lowest BCUT2D eigenvalue weighted by molar-refractivity contribution is 0.416. The summed E-state index contributed by atoms with van der Waals surface area (Å²) < 4.78 is 5.43. The van der Waals surface area contributed by atoms with Crippen LogP contribution < -0.4 is 10.1 Å². The van der Waals surface area contributed by atoms with Gasteiger partial charge in [0.1, 0.15) is 5.75 Å². The van der Waals surface area contributed by atoms with Gasteiger partial charge < -0.3 is 10.1 Å². The number of para-hydroxylation sites is 1. The van der Waals surface area contributed by atoms with E-state index in [-0.39, 0.29) is 12.4 Å². The molecule has 2 nitrogen and oxygen atoms in total. The van der Waals surface area contributed by atoms with Crippen LogP contribution in [-0.4, -0.2) is 13.7 Å². The zero-order valence-corrected chi connectivity index (χ0v) is 11.8. The maximum Gasteiger partial charge on any atom is 0.126 e. The molecule has 0 atom stereocenters. The Morgan fingerprint density at radius 3 is 2.79 bits per heavy atom. The second-order valence-electron chi connectivity index (χ2n) is 4.60. The summed E-state index contributed by atoms with van der Waals surface area (Å²) in [6.45, 7) is 1.08. The van der Waals surface area contributed by atoms with Crippen molar-refractivity contribution in [3.8, 4) is 16.9 Å². The van der Waals surface area contributed by atoms with Gasteiger partial charge in [0.15, 0.2) is 0 Å². The SMILES string of the molecule is COc1ccccc1-c1ccc2c(c1)CCCN2.Cl. The first-order valence-electron chi connectivity index (χ1n) is 6.38. The highest BCUT2D eigenvalue weighted by Gasteiger charge is 2.11. The molecule has 0 saturated heterocycles. The maximum atomic E-state index is 5.43. The Labute approximate surface area is 120 Å². The summed E-state index contributed by atoms with van der Waals surface area (Å²) in [6, 6.07) is 14.8. The summed E-state index contributed by atoms with van der Waals surface area (Å²) in [5.74, 6) is 0.932. The van der Waals surface area contributed by atoms with E-state index < -0.39 is 0 Å². The number of anilines is 1. The van der Waals surface area contributed by atoms with Crippen molar-refractivity contribution in [3.05, 3.63) is 48.0 Å². The number of fused-ring (bicyclic) bond motifs is 1. The third kappa shape index (κ3) is 2.69.